The summed E-state index contributed by atoms with van der Waals surface area (Å²) in [4.78, 5) is 11.5. The van der Waals surface area contributed by atoms with E-state index in [-0.39, 0.29) is 4.90 Å². The number of rotatable bonds is 4. The number of methoxy groups -OCH3 is 1. The fraction of sp³-hybridized carbons (Fsp3) is 0.417. The second-order valence-corrected chi connectivity index (χ2v) is 7.04. The van der Waals surface area contributed by atoms with Gasteiger partial charge in [0, 0.05) is 10.7 Å². The number of ether oxygens (including phenoxy) is 2. The van der Waals surface area contributed by atoms with Gasteiger partial charge in [0.25, 0.3) is 9.05 Å². The van der Waals surface area contributed by atoms with Gasteiger partial charge in [-0.15, -0.1) is 0 Å². The molecule has 0 saturated carbocycles. The second-order valence-electron chi connectivity index (χ2n) is 4.47. The minimum Gasteiger partial charge on any atom is -0.476 e. The molecule has 1 aromatic rings. The van der Waals surface area contributed by atoms with Gasteiger partial charge in [0.2, 0.25) is 0 Å². The van der Waals surface area contributed by atoms with Gasteiger partial charge in [0.05, 0.1) is 12.0 Å². The van der Waals surface area contributed by atoms with Crippen molar-refractivity contribution in [2.45, 2.75) is 31.3 Å². The van der Waals surface area contributed by atoms with Gasteiger partial charge in [0.1, 0.15) is 5.75 Å². The van der Waals surface area contributed by atoms with Crippen LogP contribution in [0.15, 0.2) is 23.1 Å². The quantitative estimate of drug-likeness (QED) is 0.630. The van der Waals surface area contributed by atoms with Crippen molar-refractivity contribution in [3.8, 4) is 5.75 Å². The Morgan fingerprint density at radius 3 is 2.32 bits per heavy atom. The molecule has 0 aliphatic heterocycles. The molecule has 5 nitrogen and oxygen atoms in total. The second kappa shape index (κ2) is 5.38. The Labute approximate surface area is 116 Å². The molecule has 19 heavy (non-hydrogen) atoms. The predicted octanol–water partition coefficient (Wildman–Crippen LogP) is 2.25. The van der Waals surface area contributed by atoms with Crippen molar-refractivity contribution in [3.05, 3.63) is 23.8 Å². The first-order valence-corrected chi connectivity index (χ1v) is 7.71. The third-order valence-corrected chi connectivity index (χ3v) is 3.82. The van der Waals surface area contributed by atoms with E-state index in [1.807, 2.05) is 0 Å². The zero-order valence-corrected chi connectivity index (χ0v) is 12.6. The molecule has 0 aliphatic rings. The summed E-state index contributed by atoms with van der Waals surface area (Å²) in [6.45, 7) is 4.78. The van der Waals surface area contributed by atoms with Crippen LogP contribution in [0.4, 0.5) is 0 Å². The van der Waals surface area contributed by atoms with Crippen LogP contribution >= 0.6 is 10.7 Å². The molecule has 0 spiro atoms. The maximum Gasteiger partial charge on any atom is 0.349 e. The zero-order valence-electron chi connectivity index (χ0n) is 11.1. The average Bonchev–Trinajstić information content (AvgIpc) is 2.29. The highest BCUT2D eigenvalue weighted by atomic mass is 35.7. The summed E-state index contributed by atoms with van der Waals surface area (Å²) in [5, 5.41) is 0. The first kappa shape index (κ1) is 15.8. The Morgan fingerprint density at radius 1 is 1.32 bits per heavy atom. The SMILES string of the molecule is COC(=O)C(C)(C)Oc1ccc(S(=O)(=O)Cl)cc1C. The minimum absolute atomic E-state index is 0.0186. The maximum atomic E-state index is 11.5. The summed E-state index contributed by atoms with van der Waals surface area (Å²) in [5.41, 5.74) is -0.611. The van der Waals surface area contributed by atoms with Crippen LogP contribution in [0.2, 0.25) is 0 Å². The largest absolute Gasteiger partial charge is 0.476 e. The lowest BCUT2D eigenvalue weighted by molar-refractivity contribution is -0.156. The molecule has 7 heteroatoms. The molecule has 0 saturated heterocycles. The monoisotopic (exact) mass is 306 g/mol. The van der Waals surface area contributed by atoms with Crippen molar-refractivity contribution in [2.75, 3.05) is 7.11 Å². The van der Waals surface area contributed by atoms with Crippen LogP contribution in [0.5, 0.6) is 5.75 Å². The molecule has 0 aliphatic carbocycles. The number of hydrogen-bond donors (Lipinski definition) is 0. The van der Waals surface area contributed by atoms with Crippen molar-refractivity contribution in [1.82, 2.24) is 0 Å². The van der Waals surface area contributed by atoms with Gasteiger partial charge in [-0.3, -0.25) is 0 Å². The van der Waals surface area contributed by atoms with Gasteiger partial charge in [-0.05, 0) is 44.5 Å². The third kappa shape index (κ3) is 3.84. The number of benzene rings is 1. The maximum absolute atomic E-state index is 11.5. The smallest absolute Gasteiger partial charge is 0.349 e. The van der Waals surface area contributed by atoms with Crippen molar-refractivity contribution < 1.29 is 22.7 Å². The number of hydrogen-bond acceptors (Lipinski definition) is 5. The van der Waals surface area contributed by atoms with Gasteiger partial charge in [-0.2, -0.15) is 0 Å². The Balaban J connectivity index is 3.09. The molecule has 1 rings (SSSR count). The van der Waals surface area contributed by atoms with E-state index in [9.17, 15) is 13.2 Å². The number of carbonyl (C=O) groups is 1. The number of aryl methyl sites for hydroxylation is 1. The lowest BCUT2D eigenvalue weighted by Crippen LogP contribution is -2.39. The molecular weight excluding hydrogens is 292 g/mol. The Morgan fingerprint density at radius 2 is 1.89 bits per heavy atom. The first-order valence-electron chi connectivity index (χ1n) is 5.40. The lowest BCUT2D eigenvalue weighted by Gasteiger charge is -2.24. The fourth-order valence-corrected chi connectivity index (χ4v) is 2.29. The Hall–Kier alpha value is -1.27. The van der Waals surface area contributed by atoms with E-state index in [0.29, 0.717) is 11.3 Å². The highest BCUT2D eigenvalue weighted by Crippen LogP contribution is 2.27. The summed E-state index contributed by atoms with van der Waals surface area (Å²) in [5.74, 6) is -0.139. The molecule has 0 amide bonds. The Bertz CT molecular complexity index is 592. The molecule has 0 N–H and O–H groups in total. The van der Waals surface area contributed by atoms with Crippen LogP contribution < -0.4 is 4.74 Å². The first-order chi connectivity index (χ1) is 8.58. The molecule has 106 valence electrons. The van der Waals surface area contributed by atoms with Crippen LogP contribution in [-0.4, -0.2) is 27.1 Å². The number of halogens is 1. The summed E-state index contributed by atoms with van der Waals surface area (Å²) < 4.78 is 32.5. The fourth-order valence-electron chi connectivity index (χ4n) is 1.45. The van der Waals surface area contributed by atoms with Crippen molar-refractivity contribution in [3.63, 3.8) is 0 Å². The van der Waals surface area contributed by atoms with Crippen LogP contribution in [0.1, 0.15) is 19.4 Å². The number of carbonyl (C=O) groups excluding carboxylic acids is 1. The van der Waals surface area contributed by atoms with Crippen molar-refractivity contribution in [1.29, 1.82) is 0 Å². The zero-order chi connectivity index (χ0) is 14.8. The van der Waals surface area contributed by atoms with Crippen LogP contribution in [0.3, 0.4) is 0 Å². The van der Waals surface area contributed by atoms with Crippen LogP contribution in [0.25, 0.3) is 0 Å². The van der Waals surface area contributed by atoms with E-state index in [1.165, 1.54) is 25.3 Å². The molecule has 0 fully saturated rings. The standard InChI is InChI=1S/C12H15ClO5S/c1-8-7-9(19(13,15)16)5-6-10(8)18-12(2,3)11(14)17-4/h5-7H,1-4H3. The highest BCUT2D eigenvalue weighted by molar-refractivity contribution is 8.13. The summed E-state index contributed by atoms with van der Waals surface area (Å²) in [6.07, 6.45) is 0. The summed E-state index contributed by atoms with van der Waals surface area (Å²) in [6, 6.07) is 4.15. The third-order valence-electron chi connectivity index (χ3n) is 2.47. The van der Waals surface area contributed by atoms with Gasteiger partial charge < -0.3 is 9.47 Å². The molecule has 0 unspecified atom stereocenters. The Kier molecular flexibility index (Phi) is 4.47. The molecule has 0 radical (unpaired) electrons. The topological polar surface area (TPSA) is 69.7 Å². The molecular formula is C12H15ClO5S. The van der Waals surface area contributed by atoms with E-state index in [1.54, 1.807) is 20.8 Å². The molecule has 0 bridgehead atoms. The van der Waals surface area contributed by atoms with Gasteiger partial charge >= 0.3 is 5.97 Å². The van der Waals surface area contributed by atoms with Crippen LogP contribution in [0, 0.1) is 6.92 Å². The van der Waals surface area contributed by atoms with E-state index >= 15 is 0 Å². The van der Waals surface area contributed by atoms with Gasteiger partial charge in [-0.25, -0.2) is 13.2 Å². The molecule has 1 aromatic carbocycles. The minimum atomic E-state index is -3.78. The van der Waals surface area contributed by atoms with E-state index in [2.05, 4.69) is 4.74 Å². The van der Waals surface area contributed by atoms with Gasteiger partial charge in [0.15, 0.2) is 5.60 Å². The van der Waals surface area contributed by atoms with E-state index in [0.717, 1.165) is 0 Å². The predicted molar refractivity (Wildman–Crippen MR) is 70.9 cm³/mol. The molecule has 0 heterocycles. The highest BCUT2D eigenvalue weighted by Gasteiger charge is 2.31. The average molecular weight is 307 g/mol. The van der Waals surface area contributed by atoms with E-state index in [4.69, 9.17) is 15.4 Å². The summed E-state index contributed by atoms with van der Waals surface area (Å²) >= 11 is 0. The summed E-state index contributed by atoms with van der Waals surface area (Å²) in [7, 11) is 2.73. The van der Waals surface area contributed by atoms with Crippen LogP contribution in [-0.2, 0) is 18.6 Å². The molecule has 0 atom stereocenters. The number of esters is 1. The van der Waals surface area contributed by atoms with Crippen molar-refractivity contribution >= 4 is 25.7 Å². The normalized spacial score (nSPS) is 12.1. The lowest BCUT2D eigenvalue weighted by atomic mass is 10.1. The van der Waals surface area contributed by atoms with Gasteiger partial charge in [-0.1, -0.05) is 0 Å². The van der Waals surface area contributed by atoms with E-state index < -0.39 is 20.6 Å². The molecule has 0 aromatic heterocycles. The van der Waals surface area contributed by atoms with Crippen molar-refractivity contribution in [2.24, 2.45) is 0 Å².